The van der Waals surface area contributed by atoms with Crippen molar-refractivity contribution in [3.8, 4) is 0 Å². The highest BCUT2D eigenvalue weighted by atomic mass is 32.1. The number of benzene rings is 1. The highest BCUT2D eigenvalue weighted by molar-refractivity contribution is 7.10. The number of hydrogen-bond acceptors (Lipinski definition) is 4. The lowest BCUT2D eigenvalue weighted by Gasteiger charge is -2.32. The lowest BCUT2D eigenvalue weighted by molar-refractivity contribution is 0.0969. The van der Waals surface area contributed by atoms with Gasteiger partial charge in [-0.25, -0.2) is 4.98 Å². The Balaban J connectivity index is 1.46. The summed E-state index contributed by atoms with van der Waals surface area (Å²) in [5.41, 5.74) is 2.15. The van der Waals surface area contributed by atoms with E-state index in [-0.39, 0.29) is 6.10 Å². The van der Waals surface area contributed by atoms with Crippen LogP contribution < -0.4 is 0 Å². The molecule has 1 fully saturated rings. The van der Waals surface area contributed by atoms with Gasteiger partial charge in [0.15, 0.2) is 0 Å². The number of aliphatic hydroxyl groups excluding tert-OH is 1. The van der Waals surface area contributed by atoms with Crippen molar-refractivity contribution >= 4 is 22.4 Å². The fourth-order valence-corrected chi connectivity index (χ4v) is 4.13. The number of nitrogens with one attached hydrogen (secondary N) is 1. The van der Waals surface area contributed by atoms with Gasteiger partial charge in [-0.1, -0.05) is 18.2 Å². The minimum Gasteiger partial charge on any atom is -0.386 e. The number of nitrogens with zero attached hydrogens (tertiary/aromatic N) is 2. The predicted molar refractivity (Wildman–Crippen MR) is 93.8 cm³/mol. The van der Waals surface area contributed by atoms with Gasteiger partial charge in [-0.2, -0.15) is 0 Å². The molecule has 2 aromatic heterocycles. The highest BCUT2D eigenvalue weighted by Crippen LogP contribution is 2.28. The molecule has 0 amide bonds. The summed E-state index contributed by atoms with van der Waals surface area (Å²) in [7, 11) is 0. The normalized spacial score (nSPS) is 20.8. The maximum absolute atomic E-state index is 10.4. The van der Waals surface area contributed by atoms with Crippen LogP contribution in [-0.4, -0.2) is 39.6 Å². The quantitative estimate of drug-likeness (QED) is 0.771. The summed E-state index contributed by atoms with van der Waals surface area (Å²) in [4.78, 5) is 11.6. The Labute approximate surface area is 139 Å². The summed E-state index contributed by atoms with van der Waals surface area (Å²) in [6.07, 6.45) is 1.93. The van der Waals surface area contributed by atoms with Gasteiger partial charge in [0, 0.05) is 23.9 Å². The van der Waals surface area contributed by atoms with Gasteiger partial charge in [0.25, 0.3) is 0 Å². The summed E-state index contributed by atoms with van der Waals surface area (Å²) in [5, 5.41) is 12.4. The molecule has 2 unspecified atom stereocenters. The van der Waals surface area contributed by atoms with E-state index >= 15 is 0 Å². The van der Waals surface area contributed by atoms with E-state index in [4.69, 9.17) is 4.98 Å². The molecule has 1 aliphatic heterocycles. The molecule has 2 N–H and O–H groups in total. The molecule has 23 heavy (non-hydrogen) atoms. The molecule has 3 aromatic rings. The lowest BCUT2D eigenvalue weighted by Crippen LogP contribution is -2.37. The van der Waals surface area contributed by atoms with Crippen molar-refractivity contribution in [2.45, 2.75) is 24.9 Å². The minimum absolute atomic E-state index is 0.385. The van der Waals surface area contributed by atoms with Gasteiger partial charge < -0.3 is 10.1 Å². The average molecular weight is 327 g/mol. The van der Waals surface area contributed by atoms with Crippen LogP contribution in [0.2, 0.25) is 0 Å². The third-order valence-corrected chi connectivity index (χ3v) is 5.58. The Bertz CT molecular complexity index is 735. The Morgan fingerprint density at radius 2 is 2.22 bits per heavy atom. The number of β-amino-alcohol motifs (C(OH)–C–C–N with tert-alkyl or cyclic N) is 1. The highest BCUT2D eigenvalue weighted by Gasteiger charge is 2.25. The average Bonchev–Trinajstić information content (AvgIpc) is 3.24. The second kappa shape index (κ2) is 6.43. The number of piperidine rings is 1. The number of imidazole rings is 1. The van der Waals surface area contributed by atoms with Gasteiger partial charge in [-0.3, -0.25) is 4.90 Å². The maximum atomic E-state index is 10.4. The zero-order chi connectivity index (χ0) is 15.6. The van der Waals surface area contributed by atoms with Crippen molar-refractivity contribution in [3.63, 3.8) is 0 Å². The summed E-state index contributed by atoms with van der Waals surface area (Å²) >= 11 is 1.62. The summed E-state index contributed by atoms with van der Waals surface area (Å²) in [6, 6.07) is 12.2. The van der Waals surface area contributed by atoms with E-state index in [1.54, 1.807) is 11.3 Å². The number of rotatable bonds is 4. The molecular weight excluding hydrogens is 306 g/mol. The number of fused-ring (bicyclic) bond motifs is 1. The van der Waals surface area contributed by atoms with Crippen molar-refractivity contribution in [3.05, 3.63) is 52.5 Å². The zero-order valence-electron chi connectivity index (χ0n) is 13.0. The zero-order valence-corrected chi connectivity index (χ0v) is 13.8. The second-order valence-electron chi connectivity index (χ2n) is 6.27. The fourth-order valence-electron chi connectivity index (χ4n) is 3.43. The first-order valence-corrected chi connectivity index (χ1v) is 9.06. The number of likely N-dealkylation sites (tertiary alicyclic amines) is 1. The van der Waals surface area contributed by atoms with Crippen LogP contribution in [0.3, 0.4) is 0 Å². The lowest BCUT2D eigenvalue weighted by atomic mass is 9.97. The maximum Gasteiger partial charge on any atom is 0.111 e. The van der Waals surface area contributed by atoms with E-state index < -0.39 is 0 Å². The molecule has 0 bridgehead atoms. The van der Waals surface area contributed by atoms with Crippen LogP contribution in [0.5, 0.6) is 0 Å². The Morgan fingerprint density at radius 3 is 3.04 bits per heavy atom. The van der Waals surface area contributed by atoms with Crippen molar-refractivity contribution < 1.29 is 5.11 Å². The molecule has 0 radical (unpaired) electrons. The molecule has 0 spiro atoms. The van der Waals surface area contributed by atoms with E-state index in [2.05, 4.69) is 22.0 Å². The number of para-hydroxylation sites is 2. The smallest absolute Gasteiger partial charge is 0.111 e. The van der Waals surface area contributed by atoms with Crippen molar-refractivity contribution in [2.75, 3.05) is 19.6 Å². The molecule has 1 aliphatic rings. The minimum atomic E-state index is -0.385. The fraction of sp³-hybridized carbons (Fsp3) is 0.389. The molecule has 0 saturated carbocycles. The first kappa shape index (κ1) is 14.9. The molecule has 3 heterocycles. The topological polar surface area (TPSA) is 52.1 Å². The van der Waals surface area contributed by atoms with E-state index in [1.807, 2.05) is 29.6 Å². The first-order valence-electron chi connectivity index (χ1n) is 8.18. The van der Waals surface area contributed by atoms with Crippen LogP contribution in [0.25, 0.3) is 11.0 Å². The SMILES string of the molecule is OC(CN1CCCC(c2nc3ccccc3[nH]2)C1)c1cccs1. The molecule has 0 aliphatic carbocycles. The van der Waals surface area contributed by atoms with E-state index in [9.17, 15) is 5.11 Å². The molecule has 5 heteroatoms. The standard InChI is InChI=1S/C18H21N3OS/c22-16(17-8-4-10-23-17)12-21-9-3-5-13(11-21)18-19-14-6-1-2-7-15(14)20-18/h1-2,4,6-8,10,13,16,22H,3,5,9,11-12H2,(H,19,20). The van der Waals surface area contributed by atoms with Crippen LogP contribution in [0.1, 0.15) is 35.6 Å². The largest absolute Gasteiger partial charge is 0.386 e. The molecular formula is C18H21N3OS. The van der Waals surface area contributed by atoms with Crippen molar-refractivity contribution in [2.24, 2.45) is 0 Å². The van der Waals surface area contributed by atoms with Crippen molar-refractivity contribution in [1.82, 2.24) is 14.9 Å². The third-order valence-electron chi connectivity index (χ3n) is 4.60. The summed E-state index contributed by atoms with van der Waals surface area (Å²) in [6.45, 7) is 2.72. The molecule has 2 atom stereocenters. The first-order chi connectivity index (χ1) is 11.3. The van der Waals surface area contributed by atoms with Crippen LogP contribution >= 0.6 is 11.3 Å². The molecule has 1 saturated heterocycles. The van der Waals surface area contributed by atoms with E-state index in [1.165, 1.54) is 0 Å². The predicted octanol–water partition coefficient (Wildman–Crippen LogP) is 3.54. The van der Waals surface area contributed by atoms with Gasteiger partial charge in [0.1, 0.15) is 11.9 Å². The van der Waals surface area contributed by atoms with Crippen LogP contribution in [0.4, 0.5) is 0 Å². The summed E-state index contributed by atoms with van der Waals surface area (Å²) < 4.78 is 0. The molecule has 4 nitrogen and oxygen atoms in total. The number of thiophene rings is 1. The Kier molecular flexibility index (Phi) is 4.16. The van der Waals surface area contributed by atoms with Gasteiger partial charge >= 0.3 is 0 Å². The second-order valence-corrected chi connectivity index (χ2v) is 7.25. The van der Waals surface area contributed by atoms with Crippen LogP contribution in [0, 0.1) is 0 Å². The number of H-pyrrole nitrogens is 1. The van der Waals surface area contributed by atoms with Gasteiger partial charge in [0.05, 0.1) is 11.0 Å². The Hall–Kier alpha value is -1.69. The van der Waals surface area contributed by atoms with Crippen LogP contribution in [-0.2, 0) is 0 Å². The van der Waals surface area contributed by atoms with Gasteiger partial charge in [-0.15, -0.1) is 11.3 Å². The number of aliphatic hydroxyl groups is 1. The monoisotopic (exact) mass is 327 g/mol. The van der Waals surface area contributed by atoms with E-state index in [0.717, 1.165) is 47.7 Å². The molecule has 120 valence electrons. The van der Waals surface area contributed by atoms with Gasteiger partial charge in [-0.05, 0) is 43.0 Å². The Morgan fingerprint density at radius 1 is 1.30 bits per heavy atom. The summed E-state index contributed by atoms with van der Waals surface area (Å²) in [5.74, 6) is 1.51. The number of aromatic nitrogens is 2. The van der Waals surface area contributed by atoms with Crippen LogP contribution in [0.15, 0.2) is 41.8 Å². The molecule has 1 aromatic carbocycles. The number of aromatic amines is 1. The van der Waals surface area contributed by atoms with E-state index in [0.29, 0.717) is 12.5 Å². The van der Waals surface area contributed by atoms with Crippen molar-refractivity contribution in [1.29, 1.82) is 0 Å². The van der Waals surface area contributed by atoms with Gasteiger partial charge in [0.2, 0.25) is 0 Å². The number of hydrogen-bond donors (Lipinski definition) is 2. The molecule has 4 rings (SSSR count). The third kappa shape index (κ3) is 3.17.